The molecule has 172 valence electrons. The number of piperidine rings is 1. The zero-order chi connectivity index (χ0) is 22.5. The van der Waals surface area contributed by atoms with E-state index in [9.17, 15) is 9.59 Å². The molecule has 0 radical (unpaired) electrons. The molecule has 0 unspecified atom stereocenters. The third kappa shape index (κ3) is 8.40. The van der Waals surface area contributed by atoms with Crippen LogP contribution in [0.5, 0.6) is 0 Å². The molecule has 8 heteroatoms. The van der Waals surface area contributed by atoms with E-state index in [4.69, 9.17) is 9.47 Å². The molecule has 0 aromatic carbocycles. The minimum atomic E-state index is -0.507. The third-order valence-electron chi connectivity index (χ3n) is 5.01. The fourth-order valence-electron chi connectivity index (χ4n) is 3.52. The molecule has 0 aromatic rings. The van der Waals surface area contributed by atoms with Gasteiger partial charge in [0.25, 0.3) is 0 Å². The second-order valence-electron chi connectivity index (χ2n) is 10.3. The second kappa shape index (κ2) is 9.88. The van der Waals surface area contributed by atoms with Gasteiger partial charge in [-0.1, -0.05) is 0 Å². The molecule has 2 aliphatic rings. The largest absolute Gasteiger partial charge is 0.459 e. The summed E-state index contributed by atoms with van der Waals surface area (Å²) in [6.45, 7) is 13.7. The lowest BCUT2D eigenvalue weighted by Crippen LogP contribution is -2.53. The van der Waals surface area contributed by atoms with Crippen LogP contribution in [0, 0.1) is 5.92 Å². The average molecular weight is 425 g/mol. The predicted octanol–water partition coefficient (Wildman–Crippen LogP) is 3.02. The van der Waals surface area contributed by atoms with Gasteiger partial charge in [-0.05, 0) is 73.1 Å². The van der Waals surface area contributed by atoms with Crippen molar-refractivity contribution in [3.8, 4) is 0 Å². The van der Waals surface area contributed by atoms with Crippen molar-refractivity contribution < 1.29 is 19.1 Å². The highest BCUT2D eigenvalue weighted by molar-refractivity contribution is 5.84. The number of guanidine groups is 1. The Kier molecular flexibility index (Phi) is 7.99. The highest BCUT2D eigenvalue weighted by atomic mass is 16.6. The van der Waals surface area contributed by atoms with Gasteiger partial charge in [0.1, 0.15) is 17.7 Å². The number of nitrogens with one attached hydrogen (secondary N) is 1. The van der Waals surface area contributed by atoms with Gasteiger partial charge in [0, 0.05) is 32.7 Å². The molecule has 1 aliphatic carbocycles. The van der Waals surface area contributed by atoms with E-state index in [1.807, 2.05) is 46.4 Å². The maximum Gasteiger partial charge on any atom is 0.410 e. The van der Waals surface area contributed by atoms with E-state index in [0.717, 1.165) is 32.5 Å². The molecule has 1 N–H and O–H groups in total. The summed E-state index contributed by atoms with van der Waals surface area (Å²) in [6, 6.07) is 0.167. The van der Waals surface area contributed by atoms with Crippen molar-refractivity contribution in [2.75, 3.05) is 33.2 Å². The first-order chi connectivity index (χ1) is 13.9. The number of likely N-dealkylation sites (tertiary alicyclic amines) is 1. The highest BCUT2D eigenvalue weighted by Gasteiger charge is 2.35. The first-order valence-electron chi connectivity index (χ1n) is 11.0. The summed E-state index contributed by atoms with van der Waals surface area (Å²) in [5, 5.41) is 3.10. The number of rotatable bonds is 5. The summed E-state index contributed by atoms with van der Waals surface area (Å²) in [5.41, 5.74) is -0.999. The number of amides is 1. The Labute approximate surface area is 181 Å². The van der Waals surface area contributed by atoms with Crippen LogP contribution in [0.25, 0.3) is 0 Å². The molecule has 1 saturated carbocycles. The first kappa shape index (κ1) is 24.3. The number of hydrogen-bond donors (Lipinski definition) is 1. The Balaban J connectivity index is 1.88. The minimum absolute atomic E-state index is 0.0790. The number of hydrogen-bond acceptors (Lipinski definition) is 5. The van der Waals surface area contributed by atoms with Crippen molar-refractivity contribution >= 4 is 18.0 Å². The quantitative estimate of drug-likeness (QED) is 0.415. The van der Waals surface area contributed by atoms with E-state index in [2.05, 4.69) is 15.2 Å². The molecule has 0 spiro atoms. The van der Waals surface area contributed by atoms with Gasteiger partial charge in [0.2, 0.25) is 0 Å². The van der Waals surface area contributed by atoms with Gasteiger partial charge in [-0.3, -0.25) is 9.79 Å². The van der Waals surface area contributed by atoms with Crippen LogP contribution >= 0.6 is 0 Å². The maximum atomic E-state index is 12.8. The molecule has 30 heavy (non-hydrogen) atoms. The van der Waals surface area contributed by atoms with Crippen molar-refractivity contribution in [2.24, 2.45) is 10.9 Å². The van der Waals surface area contributed by atoms with Gasteiger partial charge in [-0.15, -0.1) is 0 Å². The standard InChI is InChI=1S/C22H40N4O4/c1-21(2,3)29-18(27)14-24-19(23-7)25-12-10-17(11-13-25)26(15-16-8-9-16)20(28)30-22(4,5)6/h16-17H,8-15H2,1-7H3,(H,23,24). The number of ether oxygens (including phenoxy) is 2. The van der Waals surface area contributed by atoms with Gasteiger partial charge in [-0.2, -0.15) is 0 Å². The number of esters is 1. The maximum absolute atomic E-state index is 12.8. The second-order valence-corrected chi connectivity index (χ2v) is 10.3. The van der Waals surface area contributed by atoms with E-state index in [1.165, 1.54) is 12.8 Å². The molecule has 2 rings (SSSR count). The average Bonchev–Trinajstić information content (AvgIpc) is 3.42. The van der Waals surface area contributed by atoms with Crippen molar-refractivity contribution in [2.45, 2.75) is 84.5 Å². The van der Waals surface area contributed by atoms with Gasteiger partial charge < -0.3 is 24.6 Å². The Morgan fingerprint density at radius 2 is 1.57 bits per heavy atom. The van der Waals surface area contributed by atoms with Crippen LogP contribution in [0.1, 0.15) is 67.2 Å². The van der Waals surface area contributed by atoms with Crippen molar-refractivity contribution in [1.82, 2.24) is 15.1 Å². The lowest BCUT2D eigenvalue weighted by molar-refractivity contribution is -0.153. The van der Waals surface area contributed by atoms with Crippen molar-refractivity contribution in [1.29, 1.82) is 0 Å². The summed E-state index contributed by atoms with van der Waals surface area (Å²) >= 11 is 0. The summed E-state index contributed by atoms with van der Waals surface area (Å²) in [5.74, 6) is 0.989. The molecule has 1 amide bonds. The molecule has 1 aliphatic heterocycles. The first-order valence-corrected chi connectivity index (χ1v) is 11.0. The zero-order valence-electron chi connectivity index (χ0n) is 19.8. The van der Waals surface area contributed by atoms with Crippen molar-refractivity contribution in [3.63, 3.8) is 0 Å². The highest BCUT2D eigenvalue weighted by Crippen LogP contribution is 2.32. The number of carbonyl (C=O) groups is 2. The Bertz CT molecular complexity index is 624. The van der Waals surface area contributed by atoms with Crippen molar-refractivity contribution in [3.05, 3.63) is 0 Å². The molecule has 0 bridgehead atoms. The SMILES string of the molecule is CN=C(NCC(=O)OC(C)(C)C)N1CCC(N(CC2CC2)C(=O)OC(C)(C)C)CC1. The van der Waals surface area contributed by atoms with Gasteiger partial charge in [0.05, 0.1) is 0 Å². The predicted molar refractivity (Wildman–Crippen MR) is 117 cm³/mol. The van der Waals surface area contributed by atoms with Gasteiger partial charge >= 0.3 is 12.1 Å². The lowest BCUT2D eigenvalue weighted by atomic mass is 10.0. The summed E-state index contributed by atoms with van der Waals surface area (Å²) < 4.78 is 11.0. The van der Waals surface area contributed by atoms with Crippen LogP contribution < -0.4 is 5.32 Å². The third-order valence-corrected chi connectivity index (χ3v) is 5.01. The Hall–Kier alpha value is -1.99. The van der Waals surface area contributed by atoms with Gasteiger partial charge in [0.15, 0.2) is 5.96 Å². The minimum Gasteiger partial charge on any atom is -0.459 e. The molecular weight excluding hydrogens is 384 g/mol. The Morgan fingerprint density at radius 3 is 2.03 bits per heavy atom. The fraction of sp³-hybridized carbons (Fsp3) is 0.864. The smallest absolute Gasteiger partial charge is 0.410 e. The Morgan fingerprint density at radius 1 is 1.00 bits per heavy atom. The topological polar surface area (TPSA) is 83.5 Å². The molecule has 1 heterocycles. The van der Waals surface area contributed by atoms with E-state index >= 15 is 0 Å². The molecule has 0 aromatic heterocycles. The molecular formula is C22H40N4O4. The normalized spacial score (nSPS) is 18.8. The van der Waals surface area contributed by atoms with Crippen LogP contribution in [0.4, 0.5) is 4.79 Å². The summed E-state index contributed by atoms with van der Waals surface area (Å²) in [6.07, 6.45) is 3.87. The van der Waals surface area contributed by atoms with E-state index in [-0.39, 0.29) is 24.6 Å². The summed E-state index contributed by atoms with van der Waals surface area (Å²) in [7, 11) is 1.71. The summed E-state index contributed by atoms with van der Waals surface area (Å²) in [4.78, 5) is 33.2. The van der Waals surface area contributed by atoms with E-state index in [1.54, 1.807) is 7.05 Å². The zero-order valence-corrected chi connectivity index (χ0v) is 19.8. The molecule has 0 atom stereocenters. The van der Waals surface area contributed by atoms with E-state index < -0.39 is 11.2 Å². The molecule has 1 saturated heterocycles. The number of carbonyl (C=O) groups excluding carboxylic acids is 2. The lowest BCUT2D eigenvalue weighted by Gasteiger charge is -2.40. The van der Waals surface area contributed by atoms with Crippen LogP contribution in [-0.2, 0) is 14.3 Å². The van der Waals surface area contributed by atoms with Crippen LogP contribution in [-0.4, -0.2) is 78.3 Å². The van der Waals surface area contributed by atoms with Crippen LogP contribution in [0.2, 0.25) is 0 Å². The van der Waals surface area contributed by atoms with E-state index in [0.29, 0.717) is 11.9 Å². The van der Waals surface area contributed by atoms with Crippen LogP contribution in [0.15, 0.2) is 4.99 Å². The fourth-order valence-corrected chi connectivity index (χ4v) is 3.52. The monoisotopic (exact) mass is 424 g/mol. The number of nitrogens with zero attached hydrogens (tertiary/aromatic N) is 3. The van der Waals surface area contributed by atoms with Crippen LogP contribution in [0.3, 0.4) is 0 Å². The molecule has 2 fully saturated rings. The van der Waals surface area contributed by atoms with Gasteiger partial charge in [-0.25, -0.2) is 4.79 Å². The number of aliphatic imine (C=N–C) groups is 1. The molecule has 8 nitrogen and oxygen atoms in total.